The molecule has 0 radical (unpaired) electrons. The van der Waals surface area contributed by atoms with Crippen LogP contribution in [0.1, 0.15) is 31.1 Å². The highest BCUT2D eigenvalue weighted by molar-refractivity contribution is 5.94. The van der Waals surface area contributed by atoms with E-state index >= 15 is 0 Å². The fourth-order valence-corrected chi connectivity index (χ4v) is 2.28. The van der Waals surface area contributed by atoms with Crippen LogP contribution in [0.25, 0.3) is 0 Å². The molecule has 0 aromatic carbocycles. The van der Waals surface area contributed by atoms with Gasteiger partial charge in [-0.15, -0.1) is 0 Å². The van der Waals surface area contributed by atoms with Crippen molar-refractivity contribution in [1.29, 1.82) is 0 Å². The summed E-state index contributed by atoms with van der Waals surface area (Å²) in [5.74, 6) is -0.188. The molecule has 0 N–H and O–H groups in total. The largest absolute Gasteiger partial charge is 0.444 e. The number of nitrogens with zero attached hydrogens (tertiary/aromatic N) is 3. The molecular formula is C16H23N3O4. The molecule has 0 saturated carbocycles. The van der Waals surface area contributed by atoms with Crippen molar-refractivity contribution in [3.63, 3.8) is 0 Å². The van der Waals surface area contributed by atoms with Crippen LogP contribution in [0.4, 0.5) is 4.79 Å². The Balaban J connectivity index is 1.96. The van der Waals surface area contributed by atoms with E-state index in [1.54, 1.807) is 29.1 Å². The highest BCUT2D eigenvalue weighted by atomic mass is 16.6. The van der Waals surface area contributed by atoms with Gasteiger partial charge in [-0.3, -0.25) is 9.59 Å². The molecule has 0 aliphatic carbocycles. The van der Waals surface area contributed by atoms with E-state index in [0.717, 1.165) is 0 Å². The van der Waals surface area contributed by atoms with Crippen LogP contribution in [0.3, 0.4) is 0 Å². The monoisotopic (exact) mass is 321 g/mol. The Bertz CT molecular complexity index is 652. The molecule has 0 spiro atoms. The lowest BCUT2D eigenvalue weighted by Crippen LogP contribution is -2.51. The van der Waals surface area contributed by atoms with Gasteiger partial charge in [0.05, 0.1) is 0 Å². The molecule has 7 heteroatoms. The number of amides is 2. The zero-order valence-corrected chi connectivity index (χ0v) is 14.0. The number of hydrogen-bond donors (Lipinski definition) is 0. The molecule has 126 valence electrons. The lowest BCUT2D eigenvalue weighted by atomic mass is 10.2. The second-order valence-electron chi connectivity index (χ2n) is 6.62. The first-order valence-electron chi connectivity index (χ1n) is 7.61. The SMILES string of the molecule is Cn1ccc(C(=O)N2CCN(C(=O)OC(C)(C)C)CC2)cc1=O. The summed E-state index contributed by atoms with van der Waals surface area (Å²) in [7, 11) is 1.64. The maximum absolute atomic E-state index is 12.4. The van der Waals surface area contributed by atoms with Crippen LogP contribution >= 0.6 is 0 Å². The number of carbonyl (C=O) groups excluding carboxylic acids is 2. The van der Waals surface area contributed by atoms with E-state index in [-0.39, 0.29) is 17.6 Å². The van der Waals surface area contributed by atoms with E-state index in [0.29, 0.717) is 31.7 Å². The number of hydrogen-bond acceptors (Lipinski definition) is 4. The highest BCUT2D eigenvalue weighted by Gasteiger charge is 2.28. The smallest absolute Gasteiger partial charge is 0.410 e. The fraction of sp³-hybridized carbons (Fsp3) is 0.562. The van der Waals surface area contributed by atoms with E-state index in [4.69, 9.17) is 4.74 Å². The van der Waals surface area contributed by atoms with Crippen molar-refractivity contribution in [2.75, 3.05) is 26.2 Å². The number of aromatic nitrogens is 1. The van der Waals surface area contributed by atoms with Crippen molar-refractivity contribution in [3.8, 4) is 0 Å². The Morgan fingerprint density at radius 3 is 2.17 bits per heavy atom. The van der Waals surface area contributed by atoms with Gasteiger partial charge >= 0.3 is 6.09 Å². The number of piperazine rings is 1. The molecule has 23 heavy (non-hydrogen) atoms. The number of ether oxygens (including phenoxy) is 1. The number of rotatable bonds is 1. The molecular weight excluding hydrogens is 298 g/mol. The number of pyridine rings is 1. The Morgan fingerprint density at radius 2 is 1.65 bits per heavy atom. The maximum atomic E-state index is 12.4. The third kappa shape index (κ3) is 4.34. The summed E-state index contributed by atoms with van der Waals surface area (Å²) in [5, 5.41) is 0. The molecule has 0 atom stereocenters. The van der Waals surface area contributed by atoms with E-state index in [1.165, 1.54) is 10.6 Å². The van der Waals surface area contributed by atoms with Gasteiger partial charge in [0.2, 0.25) is 0 Å². The van der Waals surface area contributed by atoms with Crippen molar-refractivity contribution in [3.05, 3.63) is 34.2 Å². The summed E-state index contributed by atoms with van der Waals surface area (Å²) in [6, 6.07) is 2.96. The topological polar surface area (TPSA) is 71.8 Å². The summed E-state index contributed by atoms with van der Waals surface area (Å²) in [6.45, 7) is 7.15. The van der Waals surface area contributed by atoms with Gasteiger partial charge in [-0.05, 0) is 26.8 Å². The summed E-state index contributed by atoms with van der Waals surface area (Å²) >= 11 is 0. The third-order valence-electron chi connectivity index (χ3n) is 3.57. The molecule has 2 rings (SSSR count). The van der Waals surface area contributed by atoms with Gasteiger partial charge in [0.15, 0.2) is 0 Å². The zero-order chi connectivity index (χ0) is 17.2. The lowest BCUT2D eigenvalue weighted by molar-refractivity contribution is 0.0141. The minimum Gasteiger partial charge on any atom is -0.444 e. The second kappa shape index (κ2) is 6.44. The van der Waals surface area contributed by atoms with Gasteiger partial charge in [0, 0.05) is 51.1 Å². The molecule has 0 unspecified atom stereocenters. The predicted molar refractivity (Wildman–Crippen MR) is 85.4 cm³/mol. The van der Waals surface area contributed by atoms with Crippen molar-refractivity contribution in [2.45, 2.75) is 26.4 Å². The molecule has 2 heterocycles. The molecule has 2 amide bonds. The van der Waals surface area contributed by atoms with Crippen LogP contribution < -0.4 is 5.56 Å². The van der Waals surface area contributed by atoms with Crippen LogP contribution in [0.15, 0.2) is 23.1 Å². The predicted octanol–water partition coefficient (Wildman–Crippen LogP) is 1.08. The molecule has 0 bridgehead atoms. The first-order chi connectivity index (χ1) is 10.7. The lowest BCUT2D eigenvalue weighted by Gasteiger charge is -2.35. The average molecular weight is 321 g/mol. The Kier molecular flexibility index (Phi) is 4.77. The first-order valence-corrected chi connectivity index (χ1v) is 7.61. The van der Waals surface area contributed by atoms with E-state index in [9.17, 15) is 14.4 Å². The summed E-state index contributed by atoms with van der Waals surface area (Å²) < 4.78 is 6.74. The molecule has 1 aromatic rings. The first kappa shape index (κ1) is 17.1. The van der Waals surface area contributed by atoms with Crippen LogP contribution in [0.5, 0.6) is 0 Å². The van der Waals surface area contributed by atoms with Crippen molar-refractivity contribution >= 4 is 12.0 Å². The third-order valence-corrected chi connectivity index (χ3v) is 3.57. The maximum Gasteiger partial charge on any atom is 0.410 e. The fourth-order valence-electron chi connectivity index (χ4n) is 2.28. The highest BCUT2D eigenvalue weighted by Crippen LogP contribution is 2.13. The minimum absolute atomic E-state index is 0.188. The zero-order valence-electron chi connectivity index (χ0n) is 14.0. The molecule has 1 saturated heterocycles. The number of carbonyl (C=O) groups is 2. The van der Waals surface area contributed by atoms with E-state index in [2.05, 4.69) is 0 Å². The van der Waals surface area contributed by atoms with Crippen LogP contribution in [-0.4, -0.2) is 58.1 Å². The molecule has 1 aliphatic heterocycles. The van der Waals surface area contributed by atoms with Gasteiger partial charge in [0.1, 0.15) is 5.60 Å². The Hall–Kier alpha value is -2.31. The van der Waals surface area contributed by atoms with Gasteiger partial charge < -0.3 is 19.1 Å². The van der Waals surface area contributed by atoms with Gasteiger partial charge in [-0.1, -0.05) is 0 Å². The van der Waals surface area contributed by atoms with E-state index < -0.39 is 5.60 Å². The Labute approximate surface area is 135 Å². The van der Waals surface area contributed by atoms with Crippen molar-refractivity contribution in [2.24, 2.45) is 7.05 Å². The van der Waals surface area contributed by atoms with Gasteiger partial charge in [-0.2, -0.15) is 0 Å². The summed E-state index contributed by atoms with van der Waals surface area (Å²) in [4.78, 5) is 39.3. The van der Waals surface area contributed by atoms with Crippen LogP contribution in [0.2, 0.25) is 0 Å². The van der Waals surface area contributed by atoms with Gasteiger partial charge in [-0.25, -0.2) is 4.79 Å². The Morgan fingerprint density at radius 1 is 1.09 bits per heavy atom. The van der Waals surface area contributed by atoms with E-state index in [1.807, 2.05) is 20.8 Å². The molecule has 1 aliphatic rings. The van der Waals surface area contributed by atoms with Crippen LogP contribution in [0, 0.1) is 0 Å². The van der Waals surface area contributed by atoms with Gasteiger partial charge in [0.25, 0.3) is 11.5 Å². The van der Waals surface area contributed by atoms with Crippen molar-refractivity contribution in [1.82, 2.24) is 14.4 Å². The quantitative estimate of drug-likeness (QED) is 0.776. The molecule has 1 fully saturated rings. The summed E-state index contributed by atoms with van der Waals surface area (Å²) in [5.41, 5.74) is -0.379. The van der Waals surface area contributed by atoms with Crippen molar-refractivity contribution < 1.29 is 14.3 Å². The second-order valence-corrected chi connectivity index (χ2v) is 6.62. The van der Waals surface area contributed by atoms with Crippen LogP contribution in [-0.2, 0) is 11.8 Å². The standard InChI is InChI=1S/C16H23N3O4/c1-16(2,3)23-15(22)19-9-7-18(8-10-19)14(21)12-5-6-17(4)13(20)11-12/h5-6,11H,7-10H2,1-4H3. The molecule has 7 nitrogen and oxygen atoms in total. The normalized spacial score (nSPS) is 15.5. The minimum atomic E-state index is -0.534. The molecule has 1 aromatic heterocycles. The number of aryl methyl sites for hydroxylation is 1. The average Bonchev–Trinajstić information content (AvgIpc) is 2.48. The summed E-state index contributed by atoms with van der Waals surface area (Å²) in [6.07, 6.45) is 1.21.